The topological polar surface area (TPSA) is 55.4 Å². The third-order valence-electron chi connectivity index (χ3n) is 3.92. The third-order valence-corrected chi connectivity index (χ3v) is 5.15. The van der Waals surface area contributed by atoms with Gasteiger partial charge in [-0.25, -0.2) is 0 Å². The van der Waals surface area contributed by atoms with Crippen molar-refractivity contribution in [2.45, 2.75) is 24.2 Å². The molecule has 0 spiro atoms. The first kappa shape index (κ1) is 17.8. The van der Waals surface area contributed by atoms with E-state index >= 15 is 0 Å². The van der Waals surface area contributed by atoms with E-state index in [2.05, 4.69) is 5.32 Å². The summed E-state index contributed by atoms with van der Waals surface area (Å²) in [4.78, 5) is 24.6. The molecular weight excluding hydrogens is 358 g/mol. The summed E-state index contributed by atoms with van der Waals surface area (Å²) in [5.41, 5.74) is 3.38. The van der Waals surface area contributed by atoms with Crippen LogP contribution in [0.15, 0.2) is 47.4 Å². The lowest BCUT2D eigenvalue weighted by Crippen LogP contribution is -2.21. The number of ether oxygens (including phenoxy) is 1. The number of hydrogen-bond donors (Lipinski definition) is 1. The Morgan fingerprint density at radius 1 is 1.08 bits per heavy atom. The fourth-order valence-electron chi connectivity index (χ4n) is 2.71. The number of anilines is 1. The Labute approximate surface area is 155 Å². The van der Waals surface area contributed by atoms with Gasteiger partial charge in [0, 0.05) is 15.6 Å². The Morgan fingerprint density at radius 3 is 2.64 bits per heavy atom. The van der Waals surface area contributed by atoms with E-state index in [1.807, 2.05) is 30.3 Å². The van der Waals surface area contributed by atoms with Gasteiger partial charge in [-0.15, -0.1) is 11.8 Å². The summed E-state index contributed by atoms with van der Waals surface area (Å²) < 4.78 is 5.02. The molecule has 1 aliphatic rings. The van der Waals surface area contributed by atoms with Crippen molar-refractivity contribution in [1.82, 2.24) is 0 Å². The Bertz CT molecular complexity index is 777. The molecule has 0 aromatic heterocycles. The molecule has 25 heavy (non-hydrogen) atoms. The summed E-state index contributed by atoms with van der Waals surface area (Å²) in [6, 6.07) is 13.1. The van der Waals surface area contributed by atoms with Crippen molar-refractivity contribution in [3.8, 4) is 0 Å². The standard InChI is InChI=1S/C19H18ClNO3S/c20-15-5-8-17(9-6-15)25-12-19(23)24-11-18(22)21-16-7-4-13-2-1-3-14(13)10-16/h4-10H,1-3,11-12H2,(H,21,22). The van der Waals surface area contributed by atoms with Crippen LogP contribution in [0.3, 0.4) is 0 Å². The van der Waals surface area contributed by atoms with E-state index in [0.29, 0.717) is 5.02 Å². The number of carbonyl (C=O) groups excluding carboxylic acids is 2. The van der Waals surface area contributed by atoms with Crippen LogP contribution in [0.2, 0.25) is 5.02 Å². The second-order valence-corrected chi connectivity index (χ2v) is 7.27. The number of hydrogen-bond acceptors (Lipinski definition) is 4. The SMILES string of the molecule is O=C(COC(=O)CSc1ccc(Cl)cc1)Nc1ccc2c(c1)CCC2. The zero-order valence-electron chi connectivity index (χ0n) is 13.6. The summed E-state index contributed by atoms with van der Waals surface area (Å²) in [6.45, 7) is -0.281. The Hall–Kier alpha value is -1.98. The van der Waals surface area contributed by atoms with Crippen molar-refractivity contribution >= 4 is 40.9 Å². The minimum Gasteiger partial charge on any atom is -0.455 e. The molecule has 6 heteroatoms. The minimum atomic E-state index is -0.427. The van der Waals surface area contributed by atoms with Crippen LogP contribution in [0.4, 0.5) is 5.69 Å². The summed E-state index contributed by atoms with van der Waals surface area (Å²) in [5.74, 6) is -0.611. The first-order valence-electron chi connectivity index (χ1n) is 8.06. The molecule has 4 nitrogen and oxygen atoms in total. The largest absolute Gasteiger partial charge is 0.455 e. The number of esters is 1. The Morgan fingerprint density at radius 2 is 1.84 bits per heavy atom. The number of rotatable bonds is 6. The molecule has 130 valence electrons. The maximum atomic E-state index is 11.9. The second kappa shape index (κ2) is 8.41. The van der Waals surface area contributed by atoms with Gasteiger partial charge in [-0.05, 0) is 66.8 Å². The number of thioether (sulfide) groups is 1. The van der Waals surface area contributed by atoms with Crippen molar-refractivity contribution in [1.29, 1.82) is 0 Å². The van der Waals surface area contributed by atoms with Gasteiger partial charge in [0.1, 0.15) is 0 Å². The van der Waals surface area contributed by atoms with E-state index in [1.165, 1.54) is 22.9 Å². The van der Waals surface area contributed by atoms with Crippen LogP contribution >= 0.6 is 23.4 Å². The van der Waals surface area contributed by atoms with E-state index in [4.69, 9.17) is 16.3 Å². The fourth-order valence-corrected chi connectivity index (χ4v) is 3.53. The zero-order valence-corrected chi connectivity index (χ0v) is 15.2. The molecule has 2 aromatic carbocycles. The van der Waals surface area contributed by atoms with Crippen LogP contribution < -0.4 is 5.32 Å². The van der Waals surface area contributed by atoms with Crippen molar-refractivity contribution in [3.05, 3.63) is 58.6 Å². The average Bonchev–Trinajstić information content (AvgIpc) is 3.07. The van der Waals surface area contributed by atoms with Crippen LogP contribution in [-0.4, -0.2) is 24.2 Å². The highest BCUT2D eigenvalue weighted by Crippen LogP contribution is 2.25. The number of amides is 1. The molecule has 0 fully saturated rings. The summed E-state index contributed by atoms with van der Waals surface area (Å²) >= 11 is 7.15. The molecule has 1 amide bonds. The summed E-state index contributed by atoms with van der Waals surface area (Å²) in [7, 11) is 0. The van der Waals surface area contributed by atoms with E-state index in [9.17, 15) is 9.59 Å². The number of carbonyl (C=O) groups is 2. The number of fused-ring (bicyclic) bond motifs is 1. The molecule has 0 radical (unpaired) electrons. The lowest BCUT2D eigenvalue weighted by Gasteiger charge is -2.08. The molecule has 0 atom stereocenters. The van der Waals surface area contributed by atoms with E-state index in [0.717, 1.165) is 29.8 Å². The highest BCUT2D eigenvalue weighted by atomic mass is 35.5. The zero-order chi connectivity index (χ0) is 17.6. The van der Waals surface area contributed by atoms with Gasteiger partial charge in [-0.1, -0.05) is 17.7 Å². The lowest BCUT2D eigenvalue weighted by atomic mass is 10.1. The summed E-state index contributed by atoms with van der Waals surface area (Å²) in [6.07, 6.45) is 3.32. The normalized spacial score (nSPS) is 12.5. The molecule has 3 rings (SSSR count). The van der Waals surface area contributed by atoms with Gasteiger partial charge in [-0.2, -0.15) is 0 Å². The van der Waals surface area contributed by atoms with Gasteiger partial charge in [0.15, 0.2) is 6.61 Å². The van der Waals surface area contributed by atoms with Gasteiger partial charge in [-0.3, -0.25) is 9.59 Å². The highest BCUT2D eigenvalue weighted by molar-refractivity contribution is 8.00. The molecule has 0 saturated carbocycles. The molecule has 1 N–H and O–H groups in total. The quantitative estimate of drug-likeness (QED) is 0.610. The minimum absolute atomic E-state index is 0.147. The molecule has 2 aromatic rings. The van der Waals surface area contributed by atoms with E-state index < -0.39 is 5.97 Å². The maximum Gasteiger partial charge on any atom is 0.316 e. The number of halogens is 1. The third kappa shape index (κ3) is 5.25. The number of aryl methyl sites for hydroxylation is 2. The number of nitrogens with one attached hydrogen (secondary N) is 1. The predicted octanol–water partition coefficient (Wildman–Crippen LogP) is 4.10. The first-order chi connectivity index (χ1) is 12.1. The predicted molar refractivity (Wildman–Crippen MR) is 100 cm³/mol. The van der Waals surface area contributed by atoms with Crippen LogP contribution in [0, 0.1) is 0 Å². The monoisotopic (exact) mass is 375 g/mol. The average molecular weight is 376 g/mol. The molecule has 1 aliphatic carbocycles. The molecule has 0 bridgehead atoms. The van der Waals surface area contributed by atoms with Crippen molar-refractivity contribution < 1.29 is 14.3 Å². The van der Waals surface area contributed by atoms with Crippen LogP contribution in [-0.2, 0) is 27.2 Å². The summed E-state index contributed by atoms with van der Waals surface area (Å²) in [5, 5.41) is 3.42. The maximum absolute atomic E-state index is 11.9. The van der Waals surface area contributed by atoms with Gasteiger partial charge < -0.3 is 10.1 Å². The molecular formula is C19H18ClNO3S. The van der Waals surface area contributed by atoms with Gasteiger partial charge in [0.05, 0.1) is 5.75 Å². The van der Waals surface area contributed by atoms with Crippen LogP contribution in [0.5, 0.6) is 0 Å². The first-order valence-corrected chi connectivity index (χ1v) is 9.42. The van der Waals surface area contributed by atoms with Crippen LogP contribution in [0.1, 0.15) is 17.5 Å². The van der Waals surface area contributed by atoms with Crippen molar-refractivity contribution in [2.24, 2.45) is 0 Å². The number of benzene rings is 2. The highest BCUT2D eigenvalue weighted by Gasteiger charge is 2.13. The van der Waals surface area contributed by atoms with Gasteiger partial charge in [0.2, 0.25) is 0 Å². The van der Waals surface area contributed by atoms with E-state index in [1.54, 1.807) is 12.1 Å². The van der Waals surface area contributed by atoms with E-state index in [-0.39, 0.29) is 18.3 Å². The molecule has 0 heterocycles. The second-order valence-electron chi connectivity index (χ2n) is 5.79. The Kier molecular flexibility index (Phi) is 6.00. The van der Waals surface area contributed by atoms with Gasteiger partial charge >= 0.3 is 5.97 Å². The lowest BCUT2D eigenvalue weighted by molar-refractivity contribution is -0.144. The fraction of sp³-hybridized carbons (Fsp3) is 0.263. The smallest absolute Gasteiger partial charge is 0.316 e. The van der Waals surface area contributed by atoms with Crippen LogP contribution in [0.25, 0.3) is 0 Å². The Balaban J connectivity index is 1.41. The van der Waals surface area contributed by atoms with Crippen molar-refractivity contribution in [2.75, 3.05) is 17.7 Å². The van der Waals surface area contributed by atoms with Crippen molar-refractivity contribution in [3.63, 3.8) is 0 Å². The molecule has 0 saturated heterocycles. The molecule has 0 aliphatic heterocycles. The molecule has 0 unspecified atom stereocenters. The van der Waals surface area contributed by atoms with Gasteiger partial charge in [0.25, 0.3) is 5.91 Å².